The van der Waals surface area contributed by atoms with Crippen molar-refractivity contribution in [3.8, 4) is 0 Å². The molecule has 0 spiro atoms. The van der Waals surface area contributed by atoms with Gasteiger partial charge in [-0.15, -0.1) is 11.3 Å². The van der Waals surface area contributed by atoms with E-state index in [9.17, 15) is 4.79 Å². The highest BCUT2D eigenvalue weighted by molar-refractivity contribution is 7.80. The summed E-state index contributed by atoms with van der Waals surface area (Å²) < 4.78 is 1.13. The van der Waals surface area contributed by atoms with Gasteiger partial charge in [0.05, 0.1) is 10.6 Å². The number of carbonyl (C=O) groups excluding carboxylic acids is 1. The number of fused-ring (bicyclic) bond motifs is 1. The smallest absolute Gasteiger partial charge is 0.255 e. The van der Waals surface area contributed by atoms with Gasteiger partial charge < -0.3 is 10.6 Å². The number of amides is 1. The van der Waals surface area contributed by atoms with Gasteiger partial charge in [-0.3, -0.25) is 4.79 Å². The number of benzene rings is 1. The largest absolute Gasteiger partial charge is 0.393 e. The van der Waals surface area contributed by atoms with Crippen molar-refractivity contribution in [2.24, 2.45) is 5.73 Å². The normalized spacial score (nSPS) is 10.5. The van der Waals surface area contributed by atoms with Gasteiger partial charge >= 0.3 is 0 Å². The van der Waals surface area contributed by atoms with Crippen molar-refractivity contribution in [2.45, 2.75) is 6.42 Å². The fraction of sp³-hybridized carbons (Fsp3) is 0.231. The van der Waals surface area contributed by atoms with E-state index < -0.39 is 0 Å². The molecule has 0 saturated heterocycles. The molecule has 1 aromatic heterocycles. The molecule has 2 N–H and O–H groups in total. The van der Waals surface area contributed by atoms with Gasteiger partial charge in [0.1, 0.15) is 0 Å². The first-order chi connectivity index (χ1) is 8.59. The molecule has 0 radical (unpaired) electrons. The predicted molar refractivity (Wildman–Crippen MR) is 80.2 cm³/mol. The SMILES string of the molecule is CN(CCC(N)=S)C(=O)c1csc2ccccc12. The van der Waals surface area contributed by atoms with Crippen LogP contribution in [0.5, 0.6) is 0 Å². The average Bonchev–Trinajstić information content (AvgIpc) is 2.78. The third-order valence-electron chi connectivity index (χ3n) is 2.75. The molecule has 3 nitrogen and oxygen atoms in total. The van der Waals surface area contributed by atoms with Gasteiger partial charge in [-0.2, -0.15) is 0 Å². The third-order valence-corrected chi connectivity index (χ3v) is 3.92. The topological polar surface area (TPSA) is 46.3 Å². The van der Waals surface area contributed by atoms with Gasteiger partial charge in [-0.05, 0) is 6.07 Å². The molecule has 0 unspecified atom stereocenters. The Morgan fingerprint density at radius 2 is 2.17 bits per heavy atom. The summed E-state index contributed by atoms with van der Waals surface area (Å²) >= 11 is 6.41. The van der Waals surface area contributed by atoms with Crippen LogP contribution in [0, 0.1) is 0 Å². The third kappa shape index (κ3) is 2.68. The summed E-state index contributed by atoms with van der Waals surface area (Å²) in [7, 11) is 1.77. The summed E-state index contributed by atoms with van der Waals surface area (Å²) in [4.78, 5) is 14.4. The van der Waals surface area contributed by atoms with Gasteiger partial charge in [0.15, 0.2) is 0 Å². The van der Waals surface area contributed by atoms with E-state index in [4.69, 9.17) is 18.0 Å². The van der Waals surface area contributed by atoms with E-state index in [0.29, 0.717) is 18.0 Å². The number of rotatable bonds is 4. The van der Waals surface area contributed by atoms with E-state index in [1.165, 1.54) is 0 Å². The van der Waals surface area contributed by atoms with Crippen LogP contribution < -0.4 is 5.73 Å². The Kier molecular flexibility index (Phi) is 3.93. The Balaban J connectivity index is 2.20. The fourth-order valence-electron chi connectivity index (χ4n) is 1.73. The lowest BCUT2D eigenvalue weighted by molar-refractivity contribution is 0.0801. The Bertz CT molecular complexity index is 591. The van der Waals surface area contributed by atoms with Crippen molar-refractivity contribution in [1.82, 2.24) is 4.90 Å². The number of hydrogen-bond donors (Lipinski definition) is 1. The molecule has 0 aliphatic rings. The highest BCUT2D eigenvalue weighted by atomic mass is 32.1. The van der Waals surface area contributed by atoms with E-state index in [2.05, 4.69) is 0 Å². The number of thiophene rings is 1. The minimum atomic E-state index is 0.0173. The van der Waals surface area contributed by atoms with E-state index in [-0.39, 0.29) is 5.91 Å². The van der Waals surface area contributed by atoms with Crippen LogP contribution in [0.15, 0.2) is 29.6 Å². The van der Waals surface area contributed by atoms with Crippen molar-refractivity contribution < 1.29 is 4.79 Å². The van der Waals surface area contributed by atoms with Crippen LogP contribution in [-0.2, 0) is 0 Å². The Morgan fingerprint density at radius 1 is 1.44 bits per heavy atom. The molecule has 0 saturated carbocycles. The number of nitrogens with two attached hydrogens (primary N) is 1. The van der Waals surface area contributed by atoms with Gasteiger partial charge in [-0.25, -0.2) is 0 Å². The average molecular weight is 278 g/mol. The molecule has 18 heavy (non-hydrogen) atoms. The minimum absolute atomic E-state index is 0.0173. The Labute approximate surface area is 115 Å². The molecule has 2 rings (SSSR count). The first kappa shape index (κ1) is 13.0. The van der Waals surface area contributed by atoms with E-state index in [1.807, 2.05) is 29.6 Å². The lowest BCUT2D eigenvalue weighted by Crippen LogP contribution is -2.29. The second kappa shape index (κ2) is 5.46. The number of carbonyl (C=O) groups is 1. The maximum absolute atomic E-state index is 12.3. The van der Waals surface area contributed by atoms with Gasteiger partial charge in [0.2, 0.25) is 0 Å². The van der Waals surface area contributed by atoms with Crippen LogP contribution in [0.3, 0.4) is 0 Å². The monoisotopic (exact) mass is 278 g/mol. The lowest BCUT2D eigenvalue weighted by atomic mass is 10.1. The van der Waals surface area contributed by atoms with Gasteiger partial charge in [0, 0.05) is 35.5 Å². The highest BCUT2D eigenvalue weighted by Crippen LogP contribution is 2.26. The summed E-state index contributed by atoms with van der Waals surface area (Å²) in [6, 6.07) is 7.91. The molecule has 0 fully saturated rings. The molecule has 2 aromatic rings. The predicted octanol–water partition coefficient (Wildman–Crippen LogP) is 2.65. The van der Waals surface area contributed by atoms with Crippen LogP contribution in [0.1, 0.15) is 16.8 Å². The molecule has 5 heteroatoms. The maximum atomic E-state index is 12.3. The molecule has 0 aliphatic heterocycles. The molecule has 1 amide bonds. The summed E-state index contributed by atoms with van der Waals surface area (Å²) in [6.45, 7) is 0.554. The maximum Gasteiger partial charge on any atom is 0.255 e. The number of thiocarbonyl (C=S) groups is 1. The van der Waals surface area contributed by atoms with Crippen molar-refractivity contribution in [3.63, 3.8) is 0 Å². The quantitative estimate of drug-likeness (QED) is 0.875. The van der Waals surface area contributed by atoms with Crippen molar-refractivity contribution in [3.05, 3.63) is 35.2 Å². The highest BCUT2D eigenvalue weighted by Gasteiger charge is 2.15. The Morgan fingerprint density at radius 3 is 2.89 bits per heavy atom. The molecule has 0 bridgehead atoms. The van der Waals surface area contributed by atoms with Crippen molar-refractivity contribution in [2.75, 3.05) is 13.6 Å². The molecule has 1 heterocycles. The second-order valence-electron chi connectivity index (χ2n) is 4.09. The van der Waals surface area contributed by atoms with Crippen LogP contribution >= 0.6 is 23.6 Å². The van der Waals surface area contributed by atoms with Crippen LogP contribution in [0.2, 0.25) is 0 Å². The summed E-state index contributed by atoms with van der Waals surface area (Å²) in [6.07, 6.45) is 0.555. The van der Waals surface area contributed by atoms with Crippen LogP contribution in [0.4, 0.5) is 0 Å². The zero-order valence-electron chi connectivity index (χ0n) is 10.1. The van der Waals surface area contributed by atoms with E-state index in [0.717, 1.165) is 15.6 Å². The summed E-state index contributed by atoms with van der Waals surface area (Å²) in [5, 5.41) is 2.92. The van der Waals surface area contributed by atoms with Gasteiger partial charge in [0.25, 0.3) is 5.91 Å². The molecular weight excluding hydrogens is 264 g/mol. The first-order valence-electron chi connectivity index (χ1n) is 5.59. The lowest BCUT2D eigenvalue weighted by Gasteiger charge is -2.16. The summed E-state index contributed by atoms with van der Waals surface area (Å²) in [5.41, 5.74) is 6.20. The number of hydrogen-bond acceptors (Lipinski definition) is 3. The molecule has 0 aliphatic carbocycles. The van der Waals surface area contributed by atoms with Crippen molar-refractivity contribution >= 4 is 44.5 Å². The summed E-state index contributed by atoms with van der Waals surface area (Å²) in [5.74, 6) is 0.0173. The molecule has 0 atom stereocenters. The standard InChI is InChI=1S/C13H14N2OS2/c1-15(7-6-12(14)17)13(16)10-8-18-11-5-3-2-4-9(10)11/h2-5,8H,6-7H2,1H3,(H2,14,17). The van der Waals surface area contributed by atoms with E-state index in [1.54, 1.807) is 23.3 Å². The van der Waals surface area contributed by atoms with Crippen LogP contribution in [-0.4, -0.2) is 29.4 Å². The Hall–Kier alpha value is -1.46. The molecular formula is C13H14N2OS2. The minimum Gasteiger partial charge on any atom is -0.393 e. The van der Waals surface area contributed by atoms with Gasteiger partial charge in [-0.1, -0.05) is 30.4 Å². The molecule has 1 aromatic carbocycles. The fourth-order valence-corrected chi connectivity index (χ4v) is 2.75. The molecule has 94 valence electrons. The van der Waals surface area contributed by atoms with Crippen molar-refractivity contribution in [1.29, 1.82) is 0 Å². The first-order valence-corrected chi connectivity index (χ1v) is 6.88. The van der Waals surface area contributed by atoms with Crippen LogP contribution in [0.25, 0.3) is 10.1 Å². The zero-order valence-corrected chi connectivity index (χ0v) is 11.7. The number of nitrogens with zero attached hydrogens (tertiary/aromatic N) is 1. The van der Waals surface area contributed by atoms with E-state index >= 15 is 0 Å². The second-order valence-corrected chi connectivity index (χ2v) is 5.52. The zero-order chi connectivity index (χ0) is 13.1.